The molecule has 1 aromatic carbocycles. The van der Waals surface area contributed by atoms with Crippen LogP contribution in [0.2, 0.25) is 0 Å². The number of para-hydroxylation sites is 1. The minimum Gasteiger partial charge on any atom is -0.494 e. The molecule has 13 heteroatoms. The van der Waals surface area contributed by atoms with Gasteiger partial charge in [0.05, 0.1) is 26.6 Å². The second kappa shape index (κ2) is 11.1. The first-order valence-electron chi connectivity index (χ1n) is 11.9. The second-order valence-corrected chi connectivity index (χ2v) is 10.8. The number of methoxy groups -OCH3 is 3. The number of amidine groups is 1. The summed E-state index contributed by atoms with van der Waals surface area (Å²) < 4.78 is 47.8. The van der Waals surface area contributed by atoms with Crippen molar-refractivity contribution in [2.24, 2.45) is 10.9 Å². The molecule has 1 aliphatic rings. The van der Waals surface area contributed by atoms with Crippen LogP contribution in [0.3, 0.4) is 0 Å². The minimum atomic E-state index is -3.97. The van der Waals surface area contributed by atoms with Crippen LogP contribution in [0.25, 0.3) is 17.2 Å². The maximum absolute atomic E-state index is 13.6. The standard InChI is InChI=1S/C25H31N7O5S/c1-15-13-26-23(27-14-15)16(2)17(3)38(33,34)31-25-30-29-24(18-9-7-12-21(28-18)37-6)32(25)22-19(35-4)10-8-11-20(22)36-5/h7-13,16-17H,14H2,1-6H3,(H,26,27)(H,30,31)/t16-,17-/m0/s1. The lowest BCUT2D eigenvalue weighted by atomic mass is 10.1. The van der Waals surface area contributed by atoms with Crippen molar-refractivity contribution < 1.29 is 22.6 Å². The summed E-state index contributed by atoms with van der Waals surface area (Å²) in [6.07, 6.45) is 1.74. The van der Waals surface area contributed by atoms with Crippen molar-refractivity contribution in [1.82, 2.24) is 25.1 Å². The predicted octanol–water partition coefficient (Wildman–Crippen LogP) is 3.03. The Morgan fingerprint density at radius 1 is 1.00 bits per heavy atom. The highest BCUT2D eigenvalue weighted by Crippen LogP contribution is 2.37. The van der Waals surface area contributed by atoms with Gasteiger partial charge in [0.2, 0.25) is 21.9 Å². The van der Waals surface area contributed by atoms with E-state index >= 15 is 0 Å². The van der Waals surface area contributed by atoms with Gasteiger partial charge in [-0.25, -0.2) is 18.4 Å². The molecule has 0 saturated heterocycles. The molecule has 12 nitrogen and oxygen atoms in total. The van der Waals surface area contributed by atoms with Gasteiger partial charge in [0, 0.05) is 24.7 Å². The smallest absolute Gasteiger partial charge is 0.243 e. The average Bonchev–Trinajstić information content (AvgIpc) is 3.34. The predicted molar refractivity (Wildman–Crippen MR) is 145 cm³/mol. The molecular weight excluding hydrogens is 510 g/mol. The Morgan fingerprint density at radius 3 is 2.29 bits per heavy atom. The maximum Gasteiger partial charge on any atom is 0.243 e. The van der Waals surface area contributed by atoms with Gasteiger partial charge in [0.15, 0.2) is 5.82 Å². The van der Waals surface area contributed by atoms with Crippen LogP contribution in [-0.4, -0.2) is 67.1 Å². The Hall–Kier alpha value is -4.13. The molecule has 2 N–H and O–H groups in total. The molecule has 3 aromatic rings. The molecule has 2 aromatic heterocycles. The molecule has 202 valence electrons. The molecule has 2 atom stereocenters. The van der Waals surface area contributed by atoms with Crippen molar-refractivity contribution in [3.63, 3.8) is 0 Å². The van der Waals surface area contributed by atoms with Gasteiger partial charge in [-0.05, 0) is 37.6 Å². The summed E-state index contributed by atoms with van der Waals surface area (Å²) in [5.74, 6) is 1.57. The molecule has 4 rings (SSSR count). The van der Waals surface area contributed by atoms with Crippen LogP contribution in [0.4, 0.5) is 5.95 Å². The molecule has 0 unspecified atom stereocenters. The zero-order valence-electron chi connectivity index (χ0n) is 22.1. The van der Waals surface area contributed by atoms with E-state index in [-0.39, 0.29) is 11.8 Å². The van der Waals surface area contributed by atoms with Gasteiger partial charge in [-0.3, -0.25) is 9.29 Å². The molecule has 0 spiro atoms. The summed E-state index contributed by atoms with van der Waals surface area (Å²) in [5.41, 5.74) is 1.87. The Balaban J connectivity index is 1.83. The lowest BCUT2D eigenvalue weighted by molar-refractivity contribution is 0.391. The third kappa shape index (κ3) is 5.28. The van der Waals surface area contributed by atoms with E-state index in [1.165, 1.54) is 25.9 Å². The number of pyridine rings is 1. The first-order chi connectivity index (χ1) is 18.2. The molecular formula is C25H31N7O5S. The number of benzene rings is 1. The first kappa shape index (κ1) is 26.9. The van der Waals surface area contributed by atoms with Crippen LogP contribution < -0.4 is 24.2 Å². The first-order valence-corrected chi connectivity index (χ1v) is 13.4. The third-order valence-corrected chi connectivity index (χ3v) is 8.14. The Kier molecular flexibility index (Phi) is 7.86. The lowest BCUT2D eigenvalue weighted by Crippen LogP contribution is -2.42. The summed E-state index contributed by atoms with van der Waals surface area (Å²) in [5, 5.41) is 10.8. The van der Waals surface area contributed by atoms with Crippen molar-refractivity contribution in [3.05, 3.63) is 48.2 Å². The van der Waals surface area contributed by atoms with Gasteiger partial charge in [-0.2, -0.15) is 0 Å². The van der Waals surface area contributed by atoms with E-state index in [9.17, 15) is 8.42 Å². The van der Waals surface area contributed by atoms with Crippen LogP contribution in [0.1, 0.15) is 20.8 Å². The number of ether oxygens (including phenoxy) is 3. The van der Waals surface area contributed by atoms with Crippen molar-refractivity contribution in [1.29, 1.82) is 0 Å². The number of anilines is 1. The fourth-order valence-electron chi connectivity index (χ4n) is 3.92. The van der Waals surface area contributed by atoms with Crippen molar-refractivity contribution >= 4 is 21.8 Å². The highest BCUT2D eigenvalue weighted by molar-refractivity contribution is 7.93. The van der Waals surface area contributed by atoms with E-state index in [2.05, 4.69) is 30.2 Å². The van der Waals surface area contributed by atoms with E-state index in [1.807, 2.05) is 13.8 Å². The summed E-state index contributed by atoms with van der Waals surface area (Å²) in [4.78, 5) is 8.85. The molecule has 0 fully saturated rings. The molecule has 3 heterocycles. The van der Waals surface area contributed by atoms with Crippen molar-refractivity contribution in [2.75, 3.05) is 32.6 Å². The summed E-state index contributed by atoms with van der Waals surface area (Å²) in [6, 6.07) is 10.4. The zero-order valence-corrected chi connectivity index (χ0v) is 22.9. The van der Waals surface area contributed by atoms with Crippen LogP contribution in [-0.2, 0) is 10.0 Å². The minimum absolute atomic E-state index is 0.0549. The van der Waals surface area contributed by atoms with E-state index in [4.69, 9.17) is 14.2 Å². The highest BCUT2D eigenvalue weighted by atomic mass is 32.2. The molecule has 0 aliphatic carbocycles. The Bertz CT molecular complexity index is 1460. The number of hydrogen-bond donors (Lipinski definition) is 2. The van der Waals surface area contributed by atoms with Crippen molar-refractivity contribution in [3.8, 4) is 34.6 Å². The molecule has 1 aliphatic heterocycles. The fourth-order valence-corrected chi connectivity index (χ4v) is 5.16. The molecule has 0 amide bonds. The SMILES string of the molecule is COc1cccc(-c2nnc(NS(=O)(=O)[C@@H](C)[C@H](C)C3=NC=C(C)CN3)n2-c2c(OC)cccc2OC)n1. The third-order valence-electron chi connectivity index (χ3n) is 6.28. The monoisotopic (exact) mass is 541 g/mol. The fraction of sp³-hybridized carbons (Fsp3) is 0.360. The topological polar surface area (TPSA) is 142 Å². The number of nitrogens with zero attached hydrogens (tertiary/aromatic N) is 5. The van der Waals surface area contributed by atoms with Crippen LogP contribution in [0, 0.1) is 5.92 Å². The van der Waals surface area contributed by atoms with Gasteiger partial charge in [0.25, 0.3) is 0 Å². The van der Waals surface area contributed by atoms with Gasteiger partial charge in [-0.1, -0.05) is 19.1 Å². The van der Waals surface area contributed by atoms with Gasteiger partial charge < -0.3 is 19.5 Å². The molecule has 0 bridgehead atoms. The zero-order chi connectivity index (χ0) is 27.4. The number of sulfonamides is 1. The summed E-state index contributed by atoms with van der Waals surface area (Å²) in [7, 11) is 0.552. The molecule has 0 radical (unpaired) electrons. The number of hydrogen-bond acceptors (Lipinski definition) is 10. The van der Waals surface area contributed by atoms with Gasteiger partial charge in [-0.15, -0.1) is 10.2 Å². The Labute approximate surface area is 221 Å². The summed E-state index contributed by atoms with van der Waals surface area (Å²) >= 11 is 0. The number of aliphatic imine (C=N–C) groups is 1. The quantitative estimate of drug-likeness (QED) is 0.396. The Morgan fingerprint density at radius 2 is 1.68 bits per heavy atom. The van der Waals surface area contributed by atoms with E-state index in [1.54, 1.807) is 49.5 Å². The normalized spacial score (nSPS) is 15.0. The maximum atomic E-state index is 13.6. The number of rotatable bonds is 10. The average molecular weight is 542 g/mol. The largest absolute Gasteiger partial charge is 0.494 e. The van der Waals surface area contributed by atoms with E-state index < -0.39 is 21.2 Å². The van der Waals surface area contributed by atoms with E-state index in [0.29, 0.717) is 41.1 Å². The van der Waals surface area contributed by atoms with Crippen LogP contribution in [0.15, 0.2) is 53.2 Å². The van der Waals surface area contributed by atoms with Gasteiger partial charge >= 0.3 is 0 Å². The number of aromatic nitrogens is 4. The molecule has 0 saturated carbocycles. The lowest BCUT2D eigenvalue weighted by Gasteiger charge is -2.25. The van der Waals surface area contributed by atoms with Crippen LogP contribution >= 0.6 is 0 Å². The van der Waals surface area contributed by atoms with Crippen molar-refractivity contribution in [2.45, 2.75) is 26.0 Å². The van der Waals surface area contributed by atoms with E-state index in [0.717, 1.165) is 5.57 Å². The number of nitrogens with one attached hydrogen (secondary N) is 2. The summed E-state index contributed by atoms with van der Waals surface area (Å²) in [6.45, 7) is 6.00. The van der Waals surface area contributed by atoms with Gasteiger partial charge in [0.1, 0.15) is 28.7 Å². The molecule has 38 heavy (non-hydrogen) atoms. The highest BCUT2D eigenvalue weighted by Gasteiger charge is 2.33. The second-order valence-electron chi connectivity index (χ2n) is 8.74. The van der Waals surface area contributed by atoms with Crippen LogP contribution in [0.5, 0.6) is 17.4 Å².